The second kappa shape index (κ2) is 7.40. The third-order valence-corrected chi connectivity index (χ3v) is 7.54. The number of hydrogen-bond acceptors (Lipinski definition) is 6. The average molecular weight is 402 g/mol. The summed E-state index contributed by atoms with van der Waals surface area (Å²) >= 11 is 2.86. The Hall–Kier alpha value is -1.49. The molecular weight excluding hydrogens is 385 g/mol. The van der Waals surface area contributed by atoms with Gasteiger partial charge in [0.2, 0.25) is 15.9 Å². The molecule has 10 heteroatoms. The van der Waals surface area contributed by atoms with Gasteiger partial charge in [0.15, 0.2) is 0 Å². The molecule has 2 aromatic rings. The van der Waals surface area contributed by atoms with E-state index in [1.807, 2.05) is 12.3 Å². The Morgan fingerprint density at radius 2 is 2.12 bits per heavy atom. The minimum absolute atomic E-state index is 0.0238. The fourth-order valence-corrected chi connectivity index (χ4v) is 6.16. The number of nitrogens with zero attached hydrogens (tertiary/aromatic N) is 2. The lowest BCUT2D eigenvalue weighted by Crippen LogP contribution is -2.46. The number of carbonyl (C=O) groups is 1. The molecule has 0 bridgehead atoms. The van der Waals surface area contributed by atoms with Crippen molar-refractivity contribution in [3.63, 3.8) is 0 Å². The fourth-order valence-electron chi connectivity index (χ4n) is 2.40. The molecule has 6 nitrogen and oxygen atoms in total. The van der Waals surface area contributed by atoms with E-state index >= 15 is 0 Å². The molecule has 1 aliphatic rings. The minimum Gasteiger partial charge on any atom is -0.349 e. The van der Waals surface area contributed by atoms with Crippen molar-refractivity contribution in [2.75, 3.05) is 11.6 Å². The second-order valence-corrected chi connectivity index (χ2v) is 9.39. The van der Waals surface area contributed by atoms with Crippen LogP contribution < -0.4 is 5.32 Å². The van der Waals surface area contributed by atoms with E-state index < -0.39 is 21.9 Å². The molecule has 2 heterocycles. The molecular formula is C15H16FN3O3S3. The number of nitrogens with one attached hydrogen (secondary N) is 1. The number of benzene rings is 1. The molecule has 134 valence electrons. The van der Waals surface area contributed by atoms with Crippen molar-refractivity contribution in [1.82, 2.24) is 14.6 Å². The van der Waals surface area contributed by atoms with Crippen LogP contribution in [0.25, 0.3) is 0 Å². The molecule has 1 atom stereocenters. The van der Waals surface area contributed by atoms with Crippen molar-refractivity contribution in [3.05, 3.63) is 46.2 Å². The van der Waals surface area contributed by atoms with Crippen molar-refractivity contribution < 1.29 is 17.6 Å². The monoisotopic (exact) mass is 401 g/mol. The first-order valence-corrected chi connectivity index (χ1v) is 10.9. The van der Waals surface area contributed by atoms with E-state index in [9.17, 15) is 17.6 Å². The maximum atomic E-state index is 13.0. The van der Waals surface area contributed by atoms with Crippen LogP contribution in [0.5, 0.6) is 0 Å². The number of hydrogen-bond donors (Lipinski definition) is 1. The summed E-state index contributed by atoms with van der Waals surface area (Å²) in [6, 6.07) is 3.81. The lowest BCUT2D eigenvalue weighted by Gasteiger charge is -2.22. The van der Waals surface area contributed by atoms with Gasteiger partial charge in [-0.1, -0.05) is 0 Å². The SMILES string of the molecule is Cc1nc(CNC(=O)C2CSCN2S(=O)(=O)c2ccc(F)cc2)cs1. The van der Waals surface area contributed by atoms with Gasteiger partial charge in [-0.25, -0.2) is 17.8 Å². The van der Waals surface area contributed by atoms with Crippen LogP contribution in [0.1, 0.15) is 10.7 Å². The predicted octanol–water partition coefficient (Wildman–Crippen LogP) is 1.97. The zero-order valence-electron chi connectivity index (χ0n) is 13.3. The largest absolute Gasteiger partial charge is 0.349 e. The third kappa shape index (κ3) is 4.02. The van der Waals surface area contributed by atoms with Crippen molar-refractivity contribution in [3.8, 4) is 0 Å². The van der Waals surface area contributed by atoms with E-state index in [2.05, 4.69) is 10.3 Å². The Balaban J connectivity index is 1.72. The van der Waals surface area contributed by atoms with Crippen molar-refractivity contribution in [2.24, 2.45) is 0 Å². The minimum atomic E-state index is -3.86. The summed E-state index contributed by atoms with van der Waals surface area (Å²) in [5.41, 5.74) is 0.745. The predicted molar refractivity (Wildman–Crippen MR) is 95.2 cm³/mol. The first kappa shape index (κ1) is 18.3. The number of sulfonamides is 1. The van der Waals surface area contributed by atoms with Crippen LogP contribution in [0.2, 0.25) is 0 Å². The molecule has 0 saturated carbocycles. The summed E-state index contributed by atoms with van der Waals surface area (Å²) in [7, 11) is -3.86. The van der Waals surface area contributed by atoms with Crippen LogP contribution in [0.15, 0.2) is 34.5 Å². The van der Waals surface area contributed by atoms with Crippen LogP contribution in [-0.2, 0) is 21.4 Å². The van der Waals surface area contributed by atoms with Crippen LogP contribution in [-0.4, -0.2) is 41.3 Å². The van der Waals surface area contributed by atoms with Crippen molar-refractivity contribution in [2.45, 2.75) is 24.4 Å². The standard InChI is InChI=1S/C15H16FN3O3S3/c1-10-18-12(7-24-10)6-17-15(20)14-8-23-9-19(14)25(21,22)13-4-2-11(16)3-5-13/h2-5,7,14H,6,8-9H2,1H3,(H,17,20). The molecule has 1 fully saturated rings. The topological polar surface area (TPSA) is 79.4 Å². The lowest BCUT2D eigenvalue weighted by atomic mass is 10.3. The molecule has 0 aliphatic carbocycles. The molecule has 25 heavy (non-hydrogen) atoms. The van der Waals surface area contributed by atoms with Crippen molar-refractivity contribution in [1.29, 1.82) is 0 Å². The first-order valence-electron chi connectivity index (χ1n) is 7.42. The second-order valence-electron chi connectivity index (χ2n) is 5.44. The Morgan fingerprint density at radius 1 is 1.40 bits per heavy atom. The number of thioether (sulfide) groups is 1. The Kier molecular flexibility index (Phi) is 5.42. The fraction of sp³-hybridized carbons (Fsp3) is 0.333. The maximum Gasteiger partial charge on any atom is 0.244 e. The number of carbonyl (C=O) groups excluding carboxylic acids is 1. The molecule has 1 amide bonds. The third-order valence-electron chi connectivity index (χ3n) is 3.68. The van der Waals surface area contributed by atoms with Crippen LogP contribution in [0.4, 0.5) is 4.39 Å². The Morgan fingerprint density at radius 3 is 2.76 bits per heavy atom. The highest BCUT2D eigenvalue weighted by atomic mass is 32.2. The summed E-state index contributed by atoms with van der Waals surface area (Å²) in [6.45, 7) is 2.13. The zero-order chi connectivity index (χ0) is 18.0. The number of rotatable bonds is 5. The summed E-state index contributed by atoms with van der Waals surface area (Å²) in [6.07, 6.45) is 0. The van der Waals surface area contributed by atoms with Gasteiger partial charge >= 0.3 is 0 Å². The molecule has 0 radical (unpaired) electrons. The molecule has 1 N–H and O–H groups in total. The van der Waals surface area contributed by atoms with Gasteiger partial charge in [0, 0.05) is 11.1 Å². The van der Waals surface area contributed by atoms with Gasteiger partial charge in [0.05, 0.1) is 28.0 Å². The number of aromatic nitrogens is 1. The van der Waals surface area contributed by atoms with E-state index in [1.165, 1.54) is 35.2 Å². The van der Waals surface area contributed by atoms with E-state index in [0.717, 1.165) is 27.1 Å². The smallest absolute Gasteiger partial charge is 0.244 e. The number of halogens is 1. The molecule has 3 rings (SSSR count). The van der Waals surface area contributed by atoms with Crippen LogP contribution in [0.3, 0.4) is 0 Å². The number of thiazole rings is 1. The van der Waals surface area contributed by atoms with Crippen molar-refractivity contribution >= 4 is 39.0 Å². The maximum absolute atomic E-state index is 13.0. The molecule has 1 unspecified atom stereocenters. The molecule has 1 aromatic carbocycles. The highest BCUT2D eigenvalue weighted by Crippen LogP contribution is 2.28. The first-order chi connectivity index (χ1) is 11.9. The summed E-state index contributed by atoms with van der Waals surface area (Å²) in [5.74, 6) is -0.306. The van der Waals surface area contributed by atoms with E-state index in [4.69, 9.17) is 0 Å². The zero-order valence-corrected chi connectivity index (χ0v) is 15.8. The summed E-state index contributed by atoms with van der Waals surface area (Å²) in [4.78, 5) is 16.7. The average Bonchev–Trinajstić information content (AvgIpc) is 3.22. The van der Waals surface area contributed by atoms with E-state index in [1.54, 1.807) is 0 Å². The van der Waals surface area contributed by atoms with Gasteiger partial charge in [0.1, 0.15) is 11.9 Å². The molecule has 1 saturated heterocycles. The van der Waals surface area contributed by atoms with E-state index in [0.29, 0.717) is 5.75 Å². The number of amides is 1. The Labute approximate surface area is 153 Å². The summed E-state index contributed by atoms with van der Waals surface area (Å²) in [5, 5.41) is 5.50. The Bertz CT molecular complexity index is 868. The highest BCUT2D eigenvalue weighted by Gasteiger charge is 2.39. The van der Waals surface area contributed by atoms with Crippen LogP contribution in [0, 0.1) is 12.7 Å². The highest BCUT2D eigenvalue weighted by molar-refractivity contribution is 8.00. The van der Waals surface area contributed by atoms with Gasteiger partial charge < -0.3 is 5.32 Å². The number of aryl methyl sites for hydroxylation is 1. The molecule has 1 aliphatic heterocycles. The molecule has 1 aromatic heterocycles. The quantitative estimate of drug-likeness (QED) is 0.829. The van der Waals surface area contributed by atoms with Gasteiger partial charge in [0.25, 0.3) is 0 Å². The van der Waals surface area contributed by atoms with Gasteiger partial charge in [-0.05, 0) is 31.2 Å². The van der Waals surface area contributed by atoms with Gasteiger partial charge in [-0.2, -0.15) is 4.31 Å². The normalized spacial score (nSPS) is 18.4. The lowest BCUT2D eigenvalue weighted by molar-refractivity contribution is -0.124. The van der Waals surface area contributed by atoms with Crippen LogP contribution >= 0.6 is 23.1 Å². The van der Waals surface area contributed by atoms with E-state index in [-0.39, 0.29) is 23.2 Å². The molecule has 0 spiro atoms. The summed E-state index contributed by atoms with van der Waals surface area (Å²) < 4.78 is 39.7. The van der Waals surface area contributed by atoms with Gasteiger partial charge in [-0.15, -0.1) is 23.1 Å². The van der Waals surface area contributed by atoms with Gasteiger partial charge in [-0.3, -0.25) is 4.79 Å².